The van der Waals surface area contributed by atoms with Crippen LogP contribution in [0.1, 0.15) is 427 Å². The van der Waals surface area contributed by atoms with Crippen LogP contribution < -0.4 is 0 Å². The molecule has 0 aromatic heterocycles. The molecule has 0 aromatic rings. The van der Waals surface area contributed by atoms with Crippen LogP contribution in [0, 0.1) is 11.8 Å². The van der Waals surface area contributed by atoms with Crippen molar-refractivity contribution < 1.29 is 80.2 Å². The fraction of sp³-hybridized carbons (Fsp3) is 0.951. The van der Waals surface area contributed by atoms with Gasteiger partial charge >= 0.3 is 39.5 Å². The molecule has 0 fully saturated rings. The first-order valence-corrected chi connectivity index (χ1v) is 45.0. The SMILES string of the molecule is CCCCCCCCCCCCCCCCCCCCCC(=O)OC[C@H](COP(=O)(O)OC[C@@H](O)COP(=O)(O)OC[C@@H](COC(=O)CCCCCCCCCC)OC(=O)CCCCCCCCCCCCC(C)CC)OC(=O)CCCCCCCCCCCCCCCCCCC(C)C. The lowest BCUT2D eigenvalue weighted by Crippen LogP contribution is -2.30. The number of carbonyl (C=O) groups is 4. The lowest BCUT2D eigenvalue weighted by atomic mass is 9.99. The third kappa shape index (κ3) is 73.0. The largest absolute Gasteiger partial charge is 0.472 e. The molecule has 0 aliphatic rings. The van der Waals surface area contributed by atoms with Gasteiger partial charge in [-0.05, 0) is 37.5 Å². The molecular weight excluding hydrogens is 1310 g/mol. The van der Waals surface area contributed by atoms with Gasteiger partial charge in [0.1, 0.15) is 19.3 Å². The highest BCUT2D eigenvalue weighted by molar-refractivity contribution is 7.47. The Balaban J connectivity index is 5.20. The van der Waals surface area contributed by atoms with Crippen molar-refractivity contribution in [2.24, 2.45) is 11.8 Å². The standard InChI is InChI=1S/C81H158O17P2/c1-7-10-12-14-16-18-19-20-21-22-23-24-28-31-34-40-46-52-58-64-79(84)92-70-77(98-80(85)65-59-53-47-41-35-32-29-26-25-27-30-33-38-43-49-55-61-73(4)5)72-96-100(89,90)94-68-75(82)67-93-99(87,88)95-71-76(69-91-78(83)63-57-51-45-17-15-13-11-8-2)97-81(86)66-60-54-48-42-37-36-39-44-50-56-62-74(6)9-3/h73-77,82H,7-72H2,1-6H3,(H,87,88)(H,89,90)/t74?,75-,76+,77+/m0/s1. The monoisotopic (exact) mass is 1470 g/mol. The Morgan fingerprint density at radius 2 is 0.510 bits per heavy atom. The Bertz CT molecular complexity index is 1930. The van der Waals surface area contributed by atoms with Gasteiger partial charge in [-0.1, -0.05) is 375 Å². The first kappa shape index (κ1) is 98.1. The maximum atomic E-state index is 13.1. The maximum absolute atomic E-state index is 13.1. The zero-order valence-corrected chi connectivity index (χ0v) is 67.3. The second-order valence-electron chi connectivity index (χ2n) is 29.9. The minimum atomic E-state index is -4.96. The molecule has 0 amide bonds. The molecule has 0 aliphatic carbocycles. The second-order valence-corrected chi connectivity index (χ2v) is 32.8. The van der Waals surface area contributed by atoms with Crippen LogP contribution in [-0.2, 0) is 65.4 Å². The molecule has 3 N–H and O–H groups in total. The van der Waals surface area contributed by atoms with Crippen LogP contribution in [0.25, 0.3) is 0 Å². The van der Waals surface area contributed by atoms with E-state index in [-0.39, 0.29) is 25.7 Å². The van der Waals surface area contributed by atoms with E-state index >= 15 is 0 Å². The summed E-state index contributed by atoms with van der Waals surface area (Å²) in [6, 6.07) is 0. The molecule has 0 aliphatic heterocycles. The topological polar surface area (TPSA) is 237 Å². The quantitative estimate of drug-likeness (QED) is 0.0222. The van der Waals surface area contributed by atoms with Crippen molar-refractivity contribution in [2.45, 2.75) is 445 Å². The van der Waals surface area contributed by atoms with Crippen molar-refractivity contribution >= 4 is 39.5 Å². The Morgan fingerprint density at radius 1 is 0.290 bits per heavy atom. The molecule has 0 bridgehead atoms. The van der Waals surface area contributed by atoms with Crippen LogP contribution in [0.2, 0.25) is 0 Å². The molecule has 0 saturated carbocycles. The van der Waals surface area contributed by atoms with Gasteiger partial charge in [0.05, 0.1) is 26.4 Å². The average molecular weight is 1470 g/mol. The van der Waals surface area contributed by atoms with Crippen LogP contribution in [-0.4, -0.2) is 96.7 Å². The maximum Gasteiger partial charge on any atom is 0.472 e. The minimum absolute atomic E-state index is 0.106. The molecule has 17 nitrogen and oxygen atoms in total. The number of aliphatic hydroxyl groups is 1. The van der Waals surface area contributed by atoms with Crippen molar-refractivity contribution in [1.29, 1.82) is 0 Å². The van der Waals surface area contributed by atoms with Crippen LogP contribution in [0.5, 0.6) is 0 Å². The van der Waals surface area contributed by atoms with Gasteiger partial charge in [0.15, 0.2) is 12.2 Å². The lowest BCUT2D eigenvalue weighted by Gasteiger charge is -2.21. The number of hydrogen-bond acceptors (Lipinski definition) is 15. The molecule has 594 valence electrons. The number of hydrogen-bond donors (Lipinski definition) is 3. The minimum Gasteiger partial charge on any atom is -0.462 e. The predicted molar refractivity (Wildman–Crippen MR) is 409 cm³/mol. The Labute approximate surface area is 613 Å². The summed E-state index contributed by atoms with van der Waals surface area (Å²) in [6.07, 6.45) is 62.5. The molecule has 0 aromatic carbocycles. The number of esters is 4. The Hall–Kier alpha value is -1.94. The molecule has 0 spiro atoms. The number of ether oxygens (including phenoxy) is 4. The molecule has 3 unspecified atom stereocenters. The molecule has 0 rings (SSSR count). The molecule has 6 atom stereocenters. The number of phosphoric acid groups is 2. The number of unbranched alkanes of at least 4 members (excludes halogenated alkanes) is 49. The summed E-state index contributed by atoms with van der Waals surface area (Å²) in [6.45, 7) is 9.66. The van der Waals surface area contributed by atoms with Crippen molar-refractivity contribution in [2.75, 3.05) is 39.6 Å². The van der Waals surface area contributed by atoms with E-state index in [0.717, 1.165) is 108 Å². The third-order valence-electron chi connectivity index (χ3n) is 19.3. The van der Waals surface area contributed by atoms with Crippen LogP contribution in [0.4, 0.5) is 0 Å². The summed E-state index contributed by atoms with van der Waals surface area (Å²) in [5.41, 5.74) is 0. The zero-order valence-electron chi connectivity index (χ0n) is 65.5. The number of carbonyl (C=O) groups excluding carboxylic acids is 4. The fourth-order valence-electron chi connectivity index (χ4n) is 12.5. The highest BCUT2D eigenvalue weighted by atomic mass is 31.2. The van der Waals surface area contributed by atoms with E-state index < -0.39 is 97.5 Å². The fourth-order valence-corrected chi connectivity index (χ4v) is 14.1. The van der Waals surface area contributed by atoms with Crippen LogP contribution in [0.3, 0.4) is 0 Å². The lowest BCUT2D eigenvalue weighted by molar-refractivity contribution is -0.161. The average Bonchev–Trinajstić information content (AvgIpc) is 0.978. The van der Waals surface area contributed by atoms with Crippen molar-refractivity contribution in [3.8, 4) is 0 Å². The summed E-state index contributed by atoms with van der Waals surface area (Å²) < 4.78 is 68.6. The molecule has 0 radical (unpaired) electrons. The highest BCUT2D eigenvalue weighted by Crippen LogP contribution is 2.45. The normalized spacial score (nSPS) is 14.2. The van der Waals surface area contributed by atoms with Crippen molar-refractivity contribution in [1.82, 2.24) is 0 Å². The van der Waals surface area contributed by atoms with Gasteiger partial charge in [0.25, 0.3) is 0 Å². The van der Waals surface area contributed by atoms with Gasteiger partial charge in [-0.25, -0.2) is 9.13 Å². The molecule has 100 heavy (non-hydrogen) atoms. The molecule has 0 saturated heterocycles. The third-order valence-corrected chi connectivity index (χ3v) is 21.2. The van der Waals surface area contributed by atoms with E-state index in [2.05, 4.69) is 41.5 Å². The summed E-state index contributed by atoms with van der Waals surface area (Å²) in [7, 11) is -9.92. The van der Waals surface area contributed by atoms with E-state index in [1.807, 2.05) is 0 Å². The van der Waals surface area contributed by atoms with Crippen LogP contribution in [0.15, 0.2) is 0 Å². The summed E-state index contributed by atoms with van der Waals surface area (Å²) in [5, 5.41) is 10.6. The molecule has 0 heterocycles. The van der Waals surface area contributed by atoms with E-state index in [1.54, 1.807) is 0 Å². The van der Waals surface area contributed by atoms with Gasteiger partial charge in [0, 0.05) is 25.7 Å². The number of phosphoric ester groups is 2. The van der Waals surface area contributed by atoms with E-state index in [0.29, 0.717) is 25.7 Å². The number of rotatable bonds is 80. The van der Waals surface area contributed by atoms with Gasteiger partial charge in [0.2, 0.25) is 0 Å². The van der Waals surface area contributed by atoms with Crippen molar-refractivity contribution in [3.63, 3.8) is 0 Å². The van der Waals surface area contributed by atoms with Gasteiger partial charge in [-0.2, -0.15) is 0 Å². The van der Waals surface area contributed by atoms with Crippen LogP contribution >= 0.6 is 15.6 Å². The Morgan fingerprint density at radius 3 is 0.760 bits per heavy atom. The zero-order chi connectivity index (χ0) is 73.5. The summed E-state index contributed by atoms with van der Waals surface area (Å²) in [4.78, 5) is 72.9. The van der Waals surface area contributed by atoms with Gasteiger partial charge in [-0.15, -0.1) is 0 Å². The van der Waals surface area contributed by atoms with Crippen molar-refractivity contribution in [3.05, 3.63) is 0 Å². The molecule has 19 heteroatoms. The smallest absolute Gasteiger partial charge is 0.462 e. The highest BCUT2D eigenvalue weighted by Gasteiger charge is 2.30. The van der Waals surface area contributed by atoms with E-state index in [4.69, 9.17) is 37.0 Å². The van der Waals surface area contributed by atoms with Gasteiger partial charge < -0.3 is 33.8 Å². The van der Waals surface area contributed by atoms with Gasteiger partial charge in [-0.3, -0.25) is 37.3 Å². The summed E-state index contributed by atoms with van der Waals surface area (Å²) in [5.74, 6) is -0.499. The first-order chi connectivity index (χ1) is 48.4. The Kier molecular flexibility index (Phi) is 71.2. The first-order valence-electron chi connectivity index (χ1n) is 42.0. The summed E-state index contributed by atoms with van der Waals surface area (Å²) >= 11 is 0. The number of aliphatic hydroxyl groups excluding tert-OH is 1. The second kappa shape index (κ2) is 72.6. The van der Waals surface area contributed by atoms with E-state index in [9.17, 15) is 43.2 Å². The predicted octanol–water partition coefficient (Wildman–Crippen LogP) is 24.3. The molecular formula is C81H158O17P2. The van der Waals surface area contributed by atoms with E-state index in [1.165, 1.54) is 238 Å².